The minimum atomic E-state index is -0.427. The highest BCUT2D eigenvalue weighted by Gasteiger charge is 2.10. The van der Waals surface area contributed by atoms with Gasteiger partial charge in [0.1, 0.15) is 10.8 Å². The fraction of sp³-hybridized carbons (Fsp3) is 0.0625. The number of hydrogen-bond acceptors (Lipinski definition) is 5. The van der Waals surface area contributed by atoms with E-state index in [-0.39, 0.29) is 5.02 Å². The van der Waals surface area contributed by atoms with E-state index in [0.29, 0.717) is 11.7 Å². The van der Waals surface area contributed by atoms with Gasteiger partial charge in [-0.1, -0.05) is 29.0 Å². The van der Waals surface area contributed by atoms with E-state index in [0.717, 1.165) is 27.2 Å². The summed E-state index contributed by atoms with van der Waals surface area (Å²) in [7, 11) is 0. The first-order valence-corrected chi connectivity index (χ1v) is 8.28. The number of nitrogen functional groups attached to an aromatic ring is 1. The number of nitrogens with two attached hydrogens (primary N) is 1. The highest BCUT2D eigenvalue weighted by Crippen LogP contribution is 2.28. The van der Waals surface area contributed by atoms with Crippen molar-refractivity contribution in [2.24, 2.45) is 0 Å². The van der Waals surface area contributed by atoms with Gasteiger partial charge < -0.3 is 10.3 Å². The van der Waals surface area contributed by atoms with E-state index >= 15 is 0 Å². The summed E-state index contributed by atoms with van der Waals surface area (Å²) in [6, 6.07) is 10.6. The van der Waals surface area contributed by atoms with Crippen molar-refractivity contribution in [3.63, 3.8) is 0 Å². The molecule has 0 aliphatic carbocycles. The predicted molar refractivity (Wildman–Crippen MR) is 93.6 cm³/mol. The van der Waals surface area contributed by atoms with Gasteiger partial charge in [0.2, 0.25) is 5.13 Å². The highest BCUT2D eigenvalue weighted by atomic mass is 35.5. The molecule has 0 saturated carbocycles. The number of halogens is 2. The molecule has 5 nitrogen and oxygen atoms in total. The van der Waals surface area contributed by atoms with Gasteiger partial charge in [-0.05, 0) is 35.9 Å². The van der Waals surface area contributed by atoms with Gasteiger partial charge >= 0.3 is 0 Å². The lowest BCUT2D eigenvalue weighted by Crippen LogP contribution is -1.98. The van der Waals surface area contributed by atoms with Gasteiger partial charge in [0.15, 0.2) is 0 Å². The molecule has 0 saturated heterocycles. The summed E-state index contributed by atoms with van der Waals surface area (Å²) in [4.78, 5) is 4.38. The van der Waals surface area contributed by atoms with Crippen molar-refractivity contribution in [2.45, 2.75) is 6.54 Å². The van der Waals surface area contributed by atoms with Crippen molar-refractivity contribution in [1.29, 1.82) is 0 Å². The van der Waals surface area contributed by atoms with Crippen molar-refractivity contribution in [1.82, 2.24) is 19.7 Å². The van der Waals surface area contributed by atoms with Gasteiger partial charge in [-0.25, -0.2) is 9.37 Å². The van der Waals surface area contributed by atoms with Crippen molar-refractivity contribution in [2.75, 3.05) is 5.73 Å². The Morgan fingerprint density at radius 2 is 2.04 bits per heavy atom. The molecule has 0 amide bonds. The van der Waals surface area contributed by atoms with Crippen molar-refractivity contribution in [3.8, 4) is 10.6 Å². The molecule has 0 spiro atoms. The van der Waals surface area contributed by atoms with Crippen LogP contribution in [0.3, 0.4) is 0 Å². The van der Waals surface area contributed by atoms with Gasteiger partial charge in [0, 0.05) is 12.1 Å². The molecular weight excluding hydrogens is 349 g/mol. The van der Waals surface area contributed by atoms with Gasteiger partial charge in [0.05, 0.1) is 22.4 Å². The lowest BCUT2D eigenvalue weighted by atomic mass is 10.2. The van der Waals surface area contributed by atoms with Gasteiger partial charge in [-0.15, -0.1) is 10.2 Å². The third kappa shape index (κ3) is 2.72. The van der Waals surface area contributed by atoms with Crippen LogP contribution in [0.1, 0.15) is 5.56 Å². The maximum atomic E-state index is 13.6. The lowest BCUT2D eigenvalue weighted by Gasteiger charge is -2.06. The van der Waals surface area contributed by atoms with Gasteiger partial charge in [-0.2, -0.15) is 0 Å². The number of hydrogen-bond donors (Lipinski definition) is 1. The standard InChI is InChI=1S/C16H11ClFN5S/c17-11-3-1-9(5-12(11)18)7-23-8-20-13-4-2-10(6-14(13)23)15-21-22-16(19)24-15/h1-6,8H,7H2,(H2,19,22). The van der Waals surface area contributed by atoms with Crippen LogP contribution in [0.2, 0.25) is 5.02 Å². The van der Waals surface area contributed by atoms with Gasteiger partial charge in [-0.3, -0.25) is 0 Å². The Kier molecular flexibility index (Phi) is 3.66. The van der Waals surface area contributed by atoms with Crippen molar-refractivity contribution < 1.29 is 4.39 Å². The fourth-order valence-electron chi connectivity index (χ4n) is 2.50. The molecule has 0 bridgehead atoms. The van der Waals surface area contributed by atoms with Crippen molar-refractivity contribution >= 4 is 39.1 Å². The van der Waals surface area contributed by atoms with E-state index in [1.807, 2.05) is 22.8 Å². The quantitative estimate of drug-likeness (QED) is 0.600. The molecule has 24 heavy (non-hydrogen) atoms. The zero-order chi connectivity index (χ0) is 16.7. The van der Waals surface area contributed by atoms with Crippen LogP contribution in [0.25, 0.3) is 21.6 Å². The molecule has 0 radical (unpaired) electrons. The maximum absolute atomic E-state index is 13.6. The Hall–Kier alpha value is -2.51. The average Bonchev–Trinajstić information content (AvgIpc) is 3.17. The van der Waals surface area contributed by atoms with E-state index in [1.165, 1.54) is 17.4 Å². The largest absolute Gasteiger partial charge is 0.374 e. The van der Waals surface area contributed by atoms with E-state index in [2.05, 4.69) is 15.2 Å². The number of fused-ring (bicyclic) bond motifs is 1. The fourth-order valence-corrected chi connectivity index (χ4v) is 3.23. The molecule has 8 heteroatoms. The molecule has 0 atom stereocenters. The highest BCUT2D eigenvalue weighted by molar-refractivity contribution is 7.18. The summed E-state index contributed by atoms with van der Waals surface area (Å²) in [5.41, 5.74) is 9.15. The first-order chi connectivity index (χ1) is 11.6. The molecular formula is C16H11ClFN5S. The second-order valence-electron chi connectivity index (χ2n) is 5.27. The number of imidazole rings is 1. The lowest BCUT2D eigenvalue weighted by molar-refractivity contribution is 0.624. The maximum Gasteiger partial charge on any atom is 0.203 e. The zero-order valence-electron chi connectivity index (χ0n) is 12.3. The summed E-state index contributed by atoms with van der Waals surface area (Å²) < 4.78 is 15.6. The van der Waals surface area contributed by atoms with Crippen LogP contribution >= 0.6 is 22.9 Å². The second-order valence-corrected chi connectivity index (χ2v) is 6.69. The molecule has 2 N–H and O–H groups in total. The Morgan fingerprint density at radius 1 is 1.17 bits per heavy atom. The summed E-state index contributed by atoms with van der Waals surface area (Å²) in [6.07, 6.45) is 1.73. The third-order valence-corrected chi connectivity index (χ3v) is 4.75. The van der Waals surface area contributed by atoms with Crippen molar-refractivity contribution in [3.05, 3.63) is 59.1 Å². The van der Waals surface area contributed by atoms with Crippen LogP contribution in [-0.4, -0.2) is 19.7 Å². The van der Waals surface area contributed by atoms with Crippen LogP contribution in [-0.2, 0) is 6.54 Å². The molecule has 0 aliphatic heterocycles. The Labute approximate surface area is 145 Å². The Balaban J connectivity index is 1.74. The van der Waals surface area contributed by atoms with E-state index in [4.69, 9.17) is 17.3 Å². The summed E-state index contributed by atoms with van der Waals surface area (Å²) in [5, 5.41) is 9.19. The third-order valence-electron chi connectivity index (χ3n) is 3.65. The molecule has 4 rings (SSSR count). The number of anilines is 1. The van der Waals surface area contributed by atoms with Crippen LogP contribution in [0, 0.1) is 5.82 Å². The second kappa shape index (κ2) is 5.85. The smallest absolute Gasteiger partial charge is 0.203 e. The predicted octanol–water partition coefficient (Wildman–Crippen LogP) is 3.98. The van der Waals surface area contributed by atoms with E-state index in [1.54, 1.807) is 18.5 Å². The van der Waals surface area contributed by atoms with Crippen LogP contribution in [0.15, 0.2) is 42.7 Å². The first-order valence-electron chi connectivity index (χ1n) is 7.08. The van der Waals surface area contributed by atoms with Crippen LogP contribution < -0.4 is 5.73 Å². The summed E-state index contributed by atoms with van der Waals surface area (Å²) in [5.74, 6) is -0.427. The van der Waals surface area contributed by atoms with Crippen LogP contribution in [0.4, 0.5) is 9.52 Å². The SMILES string of the molecule is Nc1nnc(-c2ccc3ncn(Cc4ccc(Cl)c(F)c4)c3c2)s1. The van der Waals surface area contributed by atoms with E-state index < -0.39 is 5.82 Å². The number of benzene rings is 2. The summed E-state index contributed by atoms with van der Waals surface area (Å²) in [6.45, 7) is 0.492. The zero-order valence-corrected chi connectivity index (χ0v) is 13.9. The van der Waals surface area contributed by atoms with Gasteiger partial charge in [0.25, 0.3) is 0 Å². The minimum absolute atomic E-state index is 0.116. The average molecular weight is 360 g/mol. The monoisotopic (exact) mass is 359 g/mol. The summed E-state index contributed by atoms with van der Waals surface area (Å²) >= 11 is 7.06. The number of aromatic nitrogens is 4. The molecule has 4 aromatic rings. The molecule has 0 unspecified atom stereocenters. The number of rotatable bonds is 3. The van der Waals surface area contributed by atoms with E-state index in [9.17, 15) is 4.39 Å². The molecule has 120 valence electrons. The molecule has 2 heterocycles. The molecule has 0 fully saturated rings. The molecule has 0 aliphatic rings. The Bertz CT molecular complexity index is 1040. The normalized spacial score (nSPS) is 11.2. The minimum Gasteiger partial charge on any atom is -0.374 e. The number of nitrogens with zero attached hydrogens (tertiary/aromatic N) is 4. The van der Waals surface area contributed by atoms with Crippen LogP contribution in [0.5, 0.6) is 0 Å². The molecule has 2 aromatic carbocycles. The Morgan fingerprint density at radius 3 is 2.79 bits per heavy atom. The topological polar surface area (TPSA) is 69.6 Å². The first kappa shape index (κ1) is 15.0. The molecule has 2 aromatic heterocycles.